The lowest BCUT2D eigenvalue weighted by Crippen LogP contribution is -2.36. The maximum Gasteiger partial charge on any atom is 0.251 e. The number of aryl methyl sites for hydroxylation is 1. The fourth-order valence-electron chi connectivity index (χ4n) is 1.94. The molecule has 2 aromatic rings. The fourth-order valence-corrected chi connectivity index (χ4v) is 2.79. The van der Waals surface area contributed by atoms with Crippen LogP contribution in [0.5, 0.6) is 0 Å². The number of amides is 1. The molecule has 0 radical (unpaired) electrons. The zero-order valence-electron chi connectivity index (χ0n) is 11.9. The molecule has 20 heavy (non-hydrogen) atoms. The molecule has 106 valence electrons. The van der Waals surface area contributed by atoms with Crippen molar-refractivity contribution in [3.8, 4) is 0 Å². The summed E-state index contributed by atoms with van der Waals surface area (Å²) in [4.78, 5) is 13.3. The number of benzene rings is 1. The molecule has 1 amide bonds. The summed E-state index contributed by atoms with van der Waals surface area (Å²) in [5.41, 5.74) is 0.861. The quantitative estimate of drug-likeness (QED) is 0.909. The van der Waals surface area contributed by atoms with Crippen molar-refractivity contribution >= 4 is 17.2 Å². The van der Waals surface area contributed by atoms with Gasteiger partial charge in [0.2, 0.25) is 0 Å². The Balaban J connectivity index is 2.03. The second-order valence-electron chi connectivity index (χ2n) is 5.51. The predicted octanol–water partition coefficient (Wildman–Crippen LogP) is 3.90. The van der Waals surface area contributed by atoms with Gasteiger partial charge in [0.1, 0.15) is 5.82 Å². The van der Waals surface area contributed by atoms with Crippen LogP contribution < -0.4 is 5.32 Å². The van der Waals surface area contributed by atoms with Gasteiger partial charge >= 0.3 is 0 Å². The lowest BCUT2D eigenvalue weighted by atomic mass is 9.91. The first-order chi connectivity index (χ1) is 9.40. The Morgan fingerprint density at radius 2 is 2.10 bits per heavy atom. The summed E-state index contributed by atoms with van der Waals surface area (Å²) in [6.07, 6.45) is 0. The number of carbonyl (C=O) groups is 1. The minimum absolute atomic E-state index is 0.112. The number of hydrogen-bond donors (Lipinski definition) is 1. The molecule has 0 saturated carbocycles. The van der Waals surface area contributed by atoms with Crippen molar-refractivity contribution in [2.45, 2.75) is 26.2 Å². The van der Waals surface area contributed by atoms with Gasteiger partial charge in [0.05, 0.1) is 0 Å². The van der Waals surface area contributed by atoms with Crippen LogP contribution in [0.3, 0.4) is 0 Å². The summed E-state index contributed by atoms with van der Waals surface area (Å²) in [6, 6.07) is 8.49. The second kappa shape index (κ2) is 5.75. The van der Waals surface area contributed by atoms with Gasteiger partial charge < -0.3 is 5.32 Å². The van der Waals surface area contributed by atoms with Crippen molar-refractivity contribution in [3.05, 3.63) is 57.5 Å². The molecular weight excluding hydrogens is 273 g/mol. The lowest BCUT2D eigenvalue weighted by molar-refractivity contribution is 0.0946. The van der Waals surface area contributed by atoms with Gasteiger partial charge in [-0.1, -0.05) is 19.9 Å². The molecule has 0 atom stereocenters. The molecular formula is C16H18FNOS. The first-order valence-corrected chi connectivity index (χ1v) is 7.36. The van der Waals surface area contributed by atoms with E-state index in [0.717, 1.165) is 0 Å². The summed E-state index contributed by atoms with van der Waals surface area (Å²) in [5.74, 6) is -0.460. The third-order valence-electron chi connectivity index (χ3n) is 3.30. The molecule has 4 heteroatoms. The standard InChI is InChI=1S/C16H18FNOS/c1-11-9-12(6-7-13(11)17)15(19)18-10-16(2,3)14-5-4-8-20-14/h4-9H,10H2,1-3H3,(H,18,19). The Bertz CT molecular complexity index is 605. The molecule has 0 spiro atoms. The van der Waals surface area contributed by atoms with Crippen LogP contribution in [0.25, 0.3) is 0 Å². The van der Waals surface area contributed by atoms with E-state index in [1.165, 1.54) is 17.0 Å². The summed E-state index contributed by atoms with van der Waals surface area (Å²) < 4.78 is 13.2. The van der Waals surface area contributed by atoms with Crippen LogP contribution in [0.2, 0.25) is 0 Å². The number of carbonyl (C=O) groups excluding carboxylic acids is 1. The van der Waals surface area contributed by atoms with Crippen molar-refractivity contribution in [2.24, 2.45) is 0 Å². The highest BCUT2D eigenvalue weighted by Gasteiger charge is 2.22. The average molecular weight is 291 g/mol. The molecule has 1 aromatic carbocycles. The van der Waals surface area contributed by atoms with E-state index in [-0.39, 0.29) is 17.1 Å². The van der Waals surface area contributed by atoms with Gasteiger partial charge in [0.15, 0.2) is 0 Å². The lowest BCUT2D eigenvalue weighted by Gasteiger charge is -2.23. The monoisotopic (exact) mass is 291 g/mol. The number of rotatable bonds is 4. The van der Waals surface area contributed by atoms with Crippen LogP contribution in [0, 0.1) is 12.7 Å². The van der Waals surface area contributed by atoms with E-state index in [0.29, 0.717) is 17.7 Å². The SMILES string of the molecule is Cc1cc(C(=O)NCC(C)(C)c2cccs2)ccc1F. The van der Waals surface area contributed by atoms with E-state index in [4.69, 9.17) is 0 Å². The van der Waals surface area contributed by atoms with Crippen LogP contribution in [-0.4, -0.2) is 12.5 Å². The molecule has 0 unspecified atom stereocenters. The van der Waals surface area contributed by atoms with E-state index in [2.05, 4.69) is 25.2 Å². The minimum atomic E-state index is -0.291. The topological polar surface area (TPSA) is 29.1 Å². The number of thiophene rings is 1. The van der Waals surface area contributed by atoms with E-state index in [1.54, 1.807) is 24.3 Å². The summed E-state index contributed by atoms with van der Waals surface area (Å²) in [6.45, 7) is 6.38. The van der Waals surface area contributed by atoms with Crippen molar-refractivity contribution in [2.75, 3.05) is 6.54 Å². The normalized spacial score (nSPS) is 11.4. The van der Waals surface area contributed by atoms with E-state index < -0.39 is 0 Å². The van der Waals surface area contributed by atoms with E-state index in [9.17, 15) is 9.18 Å². The molecule has 0 aliphatic rings. The number of nitrogens with one attached hydrogen (secondary N) is 1. The smallest absolute Gasteiger partial charge is 0.251 e. The first-order valence-electron chi connectivity index (χ1n) is 6.48. The maximum absolute atomic E-state index is 13.2. The first kappa shape index (κ1) is 14.7. The zero-order chi connectivity index (χ0) is 14.8. The molecule has 0 aliphatic carbocycles. The number of halogens is 1. The van der Waals surface area contributed by atoms with Crippen LogP contribution in [-0.2, 0) is 5.41 Å². The fraction of sp³-hybridized carbons (Fsp3) is 0.312. The summed E-state index contributed by atoms with van der Waals surface area (Å²) >= 11 is 1.68. The zero-order valence-corrected chi connectivity index (χ0v) is 12.7. The Kier molecular flexibility index (Phi) is 4.23. The van der Waals surface area contributed by atoms with Crippen molar-refractivity contribution in [3.63, 3.8) is 0 Å². The van der Waals surface area contributed by atoms with E-state index >= 15 is 0 Å². The van der Waals surface area contributed by atoms with Crippen molar-refractivity contribution in [1.82, 2.24) is 5.32 Å². The van der Waals surface area contributed by atoms with Crippen LogP contribution >= 0.6 is 11.3 Å². The highest BCUT2D eigenvalue weighted by molar-refractivity contribution is 7.10. The molecule has 2 rings (SSSR count). The highest BCUT2D eigenvalue weighted by Crippen LogP contribution is 2.26. The molecule has 0 fully saturated rings. The van der Waals surface area contributed by atoms with Gasteiger partial charge in [0.25, 0.3) is 5.91 Å². The molecule has 0 bridgehead atoms. The average Bonchev–Trinajstić information content (AvgIpc) is 2.94. The Morgan fingerprint density at radius 3 is 2.70 bits per heavy atom. The van der Waals surface area contributed by atoms with Crippen LogP contribution in [0.1, 0.15) is 34.6 Å². The Hall–Kier alpha value is -1.68. The Morgan fingerprint density at radius 1 is 1.35 bits per heavy atom. The van der Waals surface area contributed by atoms with Crippen molar-refractivity contribution < 1.29 is 9.18 Å². The van der Waals surface area contributed by atoms with Gasteiger partial charge in [-0.2, -0.15) is 0 Å². The molecule has 1 aromatic heterocycles. The predicted molar refractivity (Wildman–Crippen MR) is 80.8 cm³/mol. The summed E-state index contributed by atoms with van der Waals surface area (Å²) in [7, 11) is 0. The third kappa shape index (κ3) is 3.25. The largest absolute Gasteiger partial charge is 0.351 e. The Labute approximate surface area is 122 Å². The third-order valence-corrected chi connectivity index (χ3v) is 4.54. The molecule has 1 heterocycles. The van der Waals surface area contributed by atoms with Crippen molar-refractivity contribution in [1.29, 1.82) is 0 Å². The van der Waals surface area contributed by atoms with Crippen LogP contribution in [0.4, 0.5) is 4.39 Å². The van der Waals surface area contributed by atoms with Gasteiger partial charge in [-0.15, -0.1) is 11.3 Å². The van der Waals surface area contributed by atoms with Crippen LogP contribution in [0.15, 0.2) is 35.7 Å². The van der Waals surface area contributed by atoms with Gasteiger partial charge in [-0.05, 0) is 42.1 Å². The van der Waals surface area contributed by atoms with Gasteiger partial charge in [-0.3, -0.25) is 4.79 Å². The highest BCUT2D eigenvalue weighted by atomic mass is 32.1. The second-order valence-corrected chi connectivity index (χ2v) is 6.46. The minimum Gasteiger partial charge on any atom is -0.351 e. The van der Waals surface area contributed by atoms with E-state index in [1.807, 2.05) is 11.4 Å². The molecule has 0 saturated heterocycles. The molecule has 2 nitrogen and oxygen atoms in total. The van der Waals surface area contributed by atoms with Gasteiger partial charge in [-0.25, -0.2) is 4.39 Å². The van der Waals surface area contributed by atoms with Gasteiger partial charge in [0, 0.05) is 22.4 Å². The molecule has 0 aliphatic heterocycles. The maximum atomic E-state index is 13.2. The molecule has 1 N–H and O–H groups in total. The number of hydrogen-bond acceptors (Lipinski definition) is 2. The summed E-state index contributed by atoms with van der Waals surface area (Å²) in [5, 5.41) is 4.95.